The number of alkyl halides is 3. The molecule has 2 rings (SSSR count). The minimum Gasteiger partial charge on any atom is -0.398 e. The second kappa shape index (κ2) is 5.24. The van der Waals surface area contributed by atoms with Gasteiger partial charge in [0.2, 0.25) is 0 Å². The Hall–Kier alpha value is -2.50. The van der Waals surface area contributed by atoms with Crippen LogP contribution in [0.15, 0.2) is 48.5 Å². The molecule has 0 aliphatic rings. The van der Waals surface area contributed by atoms with Gasteiger partial charge in [-0.05, 0) is 30.3 Å². The lowest BCUT2D eigenvalue weighted by Gasteiger charge is -2.12. The molecular weight excluding hydrogens is 269 g/mol. The van der Waals surface area contributed by atoms with Gasteiger partial charge in [0.1, 0.15) is 0 Å². The van der Waals surface area contributed by atoms with E-state index in [1.54, 1.807) is 30.3 Å². The molecule has 0 aliphatic carbocycles. The number of hydrogen-bond donors (Lipinski definition) is 2. The van der Waals surface area contributed by atoms with Crippen LogP contribution in [0.2, 0.25) is 0 Å². The van der Waals surface area contributed by atoms with Gasteiger partial charge in [-0.25, -0.2) is 0 Å². The standard InChI is InChI=1S/C14H11F3N2O/c15-14(16,17)11-7-6-10(8-12(11)18)19-13(20)9-4-2-1-3-5-9/h1-8H,18H2,(H,19,20). The Morgan fingerprint density at radius 2 is 1.70 bits per heavy atom. The summed E-state index contributed by atoms with van der Waals surface area (Å²) in [6.07, 6.45) is -4.51. The van der Waals surface area contributed by atoms with Crippen LogP contribution in [0.1, 0.15) is 15.9 Å². The largest absolute Gasteiger partial charge is 0.418 e. The third-order valence-corrected chi connectivity index (χ3v) is 2.65. The Kier molecular flexibility index (Phi) is 3.65. The summed E-state index contributed by atoms with van der Waals surface area (Å²) in [5, 5.41) is 2.49. The number of rotatable bonds is 2. The maximum absolute atomic E-state index is 12.5. The molecule has 3 nitrogen and oxygen atoms in total. The van der Waals surface area contributed by atoms with Gasteiger partial charge in [-0.1, -0.05) is 18.2 Å². The van der Waals surface area contributed by atoms with Crippen molar-refractivity contribution in [3.63, 3.8) is 0 Å². The molecule has 0 radical (unpaired) electrons. The van der Waals surface area contributed by atoms with Gasteiger partial charge in [-0.15, -0.1) is 0 Å². The molecule has 0 fully saturated rings. The first-order valence-electron chi connectivity index (χ1n) is 5.71. The lowest BCUT2D eigenvalue weighted by atomic mass is 10.1. The van der Waals surface area contributed by atoms with E-state index in [2.05, 4.69) is 5.32 Å². The SMILES string of the molecule is Nc1cc(NC(=O)c2ccccc2)ccc1C(F)(F)F. The Balaban J connectivity index is 2.20. The Bertz CT molecular complexity index is 624. The van der Waals surface area contributed by atoms with Crippen LogP contribution in [0.5, 0.6) is 0 Å². The molecule has 20 heavy (non-hydrogen) atoms. The number of hydrogen-bond acceptors (Lipinski definition) is 2. The van der Waals surface area contributed by atoms with E-state index in [0.717, 1.165) is 12.1 Å². The first kappa shape index (κ1) is 13.9. The van der Waals surface area contributed by atoms with Crippen LogP contribution in [0.25, 0.3) is 0 Å². The van der Waals surface area contributed by atoms with Crippen molar-refractivity contribution in [3.8, 4) is 0 Å². The van der Waals surface area contributed by atoms with Gasteiger partial charge in [0, 0.05) is 16.9 Å². The van der Waals surface area contributed by atoms with E-state index >= 15 is 0 Å². The highest BCUT2D eigenvalue weighted by atomic mass is 19.4. The topological polar surface area (TPSA) is 55.1 Å². The van der Waals surface area contributed by atoms with Gasteiger partial charge in [0.25, 0.3) is 5.91 Å². The summed E-state index contributed by atoms with van der Waals surface area (Å²) in [5.41, 5.74) is 4.62. The highest BCUT2D eigenvalue weighted by Crippen LogP contribution is 2.34. The van der Waals surface area contributed by atoms with Gasteiger partial charge in [-0.3, -0.25) is 4.79 Å². The average Bonchev–Trinajstić information content (AvgIpc) is 2.38. The van der Waals surface area contributed by atoms with Crippen LogP contribution in [-0.4, -0.2) is 5.91 Å². The van der Waals surface area contributed by atoms with Crippen molar-refractivity contribution in [1.29, 1.82) is 0 Å². The number of carbonyl (C=O) groups excluding carboxylic acids is 1. The zero-order valence-corrected chi connectivity index (χ0v) is 10.2. The Morgan fingerprint density at radius 3 is 2.25 bits per heavy atom. The molecule has 0 spiro atoms. The molecule has 1 amide bonds. The molecule has 0 unspecified atom stereocenters. The van der Waals surface area contributed by atoms with Crippen LogP contribution < -0.4 is 11.1 Å². The number of amides is 1. The van der Waals surface area contributed by atoms with Gasteiger partial charge >= 0.3 is 6.18 Å². The van der Waals surface area contributed by atoms with E-state index in [4.69, 9.17) is 5.73 Å². The van der Waals surface area contributed by atoms with Crippen molar-refractivity contribution < 1.29 is 18.0 Å². The van der Waals surface area contributed by atoms with Crippen LogP contribution in [0.3, 0.4) is 0 Å². The molecule has 0 aliphatic heterocycles. The van der Waals surface area contributed by atoms with E-state index in [0.29, 0.717) is 5.56 Å². The van der Waals surface area contributed by atoms with Crippen LogP contribution in [0.4, 0.5) is 24.5 Å². The van der Waals surface area contributed by atoms with Gasteiger partial charge in [-0.2, -0.15) is 13.2 Å². The molecule has 0 aromatic heterocycles. The summed E-state index contributed by atoms with van der Waals surface area (Å²) >= 11 is 0. The third-order valence-electron chi connectivity index (χ3n) is 2.65. The molecule has 2 aromatic carbocycles. The van der Waals surface area contributed by atoms with E-state index in [-0.39, 0.29) is 5.69 Å². The van der Waals surface area contributed by atoms with Crippen LogP contribution >= 0.6 is 0 Å². The van der Waals surface area contributed by atoms with Gasteiger partial charge < -0.3 is 11.1 Å². The van der Waals surface area contributed by atoms with Crippen molar-refractivity contribution in [2.24, 2.45) is 0 Å². The number of nitrogens with one attached hydrogen (secondary N) is 1. The fraction of sp³-hybridized carbons (Fsp3) is 0.0714. The van der Waals surface area contributed by atoms with Gasteiger partial charge in [0.15, 0.2) is 0 Å². The predicted octanol–water partition coefficient (Wildman–Crippen LogP) is 3.54. The molecule has 104 valence electrons. The molecule has 0 saturated heterocycles. The minimum absolute atomic E-state index is 0.212. The fourth-order valence-corrected chi connectivity index (χ4v) is 1.69. The van der Waals surface area contributed by atoms with Crippen molar-refractivity contribution in [2.75, 3.05) is 11.1 Å². The molecule has 2 aromatic rings. The number of nitrogen functional groups attached to an aromatic ring is 1. The molecule has 6 heteroatoms. The van der Waals surface area contributed by atoms with E-state index in [9.17, 15) is 18.0 Å². The van der Waals surface area contributed by atoms with E-state index in [1.165, 1.54) is 6.07 Å². The van der Waals surface area contributed by atoms with Gasteiger partial charge in [0.05, 0.1) is 5.56 Å². The van der Waals surface area contributed by atoms with E-state index in [1.807, 2.05) is 0 Å². The second-order valence-corrected chi connectivity index (χ2v) is 4.12. The lowest BCUT2D eigenvalue weighted by Crippen LogP contribution is -2.13. The third kappa shape index (κ3) is 3.09. The predicted molar refractivity (Wildman–Crippen MR) is 70.3 cm³/mol. The fourth-order valence-electron chi connectivity index (χ4n) is 1.69. The number of benzene rings is 2. The first-order chi connectivity index (χ1) is 9.38. The molecule has 0 atom stereocenters. The Morgan fingerprint density at radius 1 is 1.05 bits per heavy atom. The summed E-state index contributed by atoms with van der Waals surface area (Å²) < 4.78 is 37.6. The maximum atomic E-state index is 12.5. The molecule has 0 saturated carbocycles. The van der Waals surface area contributed by atoms with Crippen molar-refractivity contribution >= 4 is 17.3 Å². The number of carbonyl (C=O) groups is 1. The maximum Gasteiger partial charge on any atom is 0.418 e. The monoisotopic (exact) mass is 280 g/mol. The molecule has 3 N–H and O–H groups in total. The summed E-state index contributed by atoms with van der Waals surface area (Å²) in [4.78, 5) is 11.8. The molecular formula is C14H11F3N2O. The van der Waals surface area contributed by atoms with Crippen LogP contribution in [-0.2, 0) is 6.18 Å². The summed E-state index contributed by atoms with van der Waals surface area (Å²) in [5.74, 6) is -0.412. The Labute approximate surface area is 113 Å². The van der Waals surface area contributed by atoms with Crippen LogP contribution in [0, 0.1) is 0 Å². The number of nitrogens with two attached hydrogens (primary N) is 1. The average molecular weight is 280 g/mol. The molecule has 0 heterocycles. The lowest BCUT2D eigenvalue weighted by molar-refractivity contribution is -0.136. The quantitative estimate of drug-likeness (QED) is 0.827. The minimum atomic E-state index is -4.51. The summed E-state index contributed by atoms with van der Waals surface area (Å²) in [7, 11) is 0. The first-order valence-corrected chi connectivity index (χ1v) is 5.71. The van der Waals surface area contributed by atoms with Crippen molar-refractivity contribution in [3.05, 3.63) is 59.7 Å². The van der Waals surface area contributed by atoms with E-state index < -0.39 is 23.3 Å². The summed E-state index contributed by atoms with van der Waals surface area (Å²) in [6.45, 7) is 0. The number of halogens is 3. The molecule has 0 bridgehead atoms. The zero-order chi connectivity index (χ0) is 14.8. The highest BCUT2D eigenvalue weighted by molar-refractivity contribution is 6.04. The normalized spacial score (nSPS) is 11.2. The smallest absolute Gasteiger partial charge is 0.398 e. The highest BCUT2D eigenvalue weighted by Gasteiger charge is 2.32. The van der Waals surface area contributed by atoms with Crippen molar-refractivity contribution in [1.82, 2.24) is 0 Å². The number of anilines is 2. The summed E-state index contributed by atoms with van der Waals surface area (Å²) in [6, 6.07) is 11.4. The second-order valence-electron chi connectivity index (χ2n) is 4.12. The zero-order valence-electron chi connectivity index (χ0n) is 10.2. The van der Waals surface area contributed by atoms with Crippen molar-refractivity contribution in [2.45, 2.75) is 6.18 Å².